The molecule has 1 saturated carbocycles. The highest BCUT2D eigenvalue weighted by Gasteiger charge is 2.28. The van der Waals surface area contributed by atoms with E-state index in [9.17, 15) is 9.59 Å². The molecule has 4 rings (SSSR count). The zero-order valence-corrected chi connectivity index (χ0v) is 20.1. The normalized spacial score (nSPS) is 16.0. The van der Waals surface area contributed by atoms with Gasteiger partial charge >= 0.3 is 0 Å². The van der Waals surface area contributed by atoms with Crippen molar-refractivity contribution in [3.05, 3.63) is 34.6 Å². The number of hydrogen-bond donors (Lipinski definition) is 0. The summed E-state index contributed by atoms with van der Waals surface area (Å²) in [6.45, 7) is 4.70. The summed E-state index contributed by atoms with van der Waals surface area (Å²) in [5, 5.41) is 9.82. The molecule has 2 aromatic heterocycles. The van der Waals surface area contributed by atoms with Crippen LogP contribution >= 0.6 is 11.8 Å². The van der Waals surface area contributed by atoms with Crippen LogP contribution in [-0.4, -0.2) is 48.3 Å². The zero-order chi connectivity index (χ0) is 22.7. The highest BCUT2D eigenvalue weighted by Crippen LogP contribution is 2.28. The summed E-state index contributed by atoms with van der Waals surface area (Å²) in [4.78, 5) is 28.2. The van der Waals surface area contributed by atoms with Gasteiger partial charge < -0.3 is 4.90 Å². The second-order valence-corrected chi connectivity index (χ2v) is 10.1. The lowest BCUT2D eigenvalue weighted by Gasteiger charge is -2.32. The number of amides is 1. The minimum absolute atomic E-state index is 0.0330. The Kier molecular flexibility index (Phi) is 7.18. The smallest absolute Gasteiger partial charge is 0.262 e. The number of para-hydroxylation sites is 1. The number of carbonyl (C=O) groups excluding carboxylic acids is 1. The monoisotopic (exact) mass is 455 g/mol. The summed E-state index contributed by atoms with van der Waals surface area (Å²) in [6, 6.07) is 7.91. The van der Waals surface area contributed by atoms with Crippen molar-refractivity contribution in [2.24, 2.45) is 0 Å². The molecular weight excluding hydrogens is 422 g/mol. The summed E-state index contributed by atoms with van der Waals surface area (Å²) in [6.07, 6.45) is 8.88. The molecule has 7 nitrogen and oxygen atoms in total. The standard InChI is InChI=1S/C24H33N5O2S/c1-4-5-11-16-28-22(31)19-14-9-10-15-20(19)29-23(28)25-26-24(29)32-17(2)21(30)27(3)18-12-7-6-8-13-18/h9-10,14-15,17-18H,4-8,11-13,16H2,1-3H3. The van der Waals surface area contributed by atoms with Gasteiger partial charge in [0.15, 0.2) is 5.16 Å². The van der Waals surface area contributed by atoms with Crippen molar-refractivity contribution in [1.82, 2.24) is 24.1 Å². The van der Waals surface area contributed by atoms with Gasteiger partial charge in [0.05, 0.1) is 16.2 Å². The van der Waals surface area contributed by atoms with E-state index in [0.29, 0.717) is 28.9 Å². The van der Waals surface area contributed by atoms with Crippen LogP contribution in [-0.2, 0) is 11.3 Å². The van der Waals surface area contributed by atoms with Crippen LogP contribution in [0.5, 0.6) is 0 Å². The van der Waals surface area contributed by atoms with Gasteiger partial charge in [0.1, 0.15) is 0 Å². The number of rotatable bonds is 8. The molecule has 1 aliphatic rings. The first-order chi connectivity index (χ1) is 15.5. The van der Waals surface area contributed by atoms with Crippen LogP contribution in [0.1, 0.15) is 65.2 Å². The Hall–Kier alpha value is -2.35. The minimum atomic E-state index is -0.284. The molecule has 32 heavy (non-hydrogen) atoms. The van der Waals surface area contributed by atoms with E-state index in [1.54, 1.807) is 4.57 Å². The van der Waals surface area contributed by atoms with Gasteiger partial charge in [-0.2, -0.15) is 0 Å². The third-order valence-corrected chi connectivity index (χ3v) is 7.59. The SMILES string of the molecule is CCCCCn1c(=O)c2ccccc2n2c(SC(C)C(=O)N(C)C3CCCCC3)nnc12. The van der Waals surface area contributed by atoms with E-state index in [-0.39, 0.29) is 16.7 Å². The van der Waals surface area contributed by atoms with Gasteiger partial charge in [-0.15, -0.1) is 10.2 Å². The Morgan fingerprint density at radius 3 is 2.69 bits per heavy atom. The first-order valence-electron chi connectivity index (χ1n) is 11.8. The first-order valence-corrected chi connectivity index (χ1v) is 12.7. The van der Waals surface area contributed by atoms with Crippen molar-refractivity contribution >= 4 is 34.3 Å². The third-order valence-electron chi connectivity index (χ3n) is 6.56. The van der Waals surface area contributed by atoms with E-state index in [4.69, 9.17) is 0 Å². The lowest BCUT2D eigenvalue weighted by Crippen LogP contribution is -2.42. The molecule has 1 unspecified atom stereocenters. The van der Waals surface area contributed by atoms with Crippen LogP contribution in [0, 0.1) is 0 Å². The zero-order valence-electron chi connectivity index (χ0n) is 19.3. The van der Waals surface area contributed by atoms with Gasteiger partial charge in [0.2, 0.25) is 11.7 Å². The van der Waals surface area contributed by atoms with Crippen molar-refractivity contribution < 1.29 is 4.79 Å². The summed E-state index contributed by atoms with van der Waals surface area (Å²) in [5.41, 5.74) is 0.751. The molecule has 1 fully saturated rings. The van der Waals surface area contributed by atoms with E-state index in [2.05, 4.69) is 17.1 Å². The summed E-state index contributed by atoms with van der Waals surface area (Å²) in [7, 11) is 1.93. The van der Waals surface area contributed by atoms with Crippen LogP contribution < -0.4 is 5.56 Å². The molecule has 1 aliphatic carbocycles. The molecule has 0 bridgehead atoms. The molecule has 0 radical (unpaired) electrons. The van der Waals surface area contributed by atoms with Crippen molar-refractivity contribution in [1.29, 1.82) is 0 Å². The fourth-order valence-corrected chi connectivity index (χ4v) is 5.63. The Bertz CT molecular complexity index is 1150. The number of benzene rings is 1. The van der Waals surface area contributed by atoms with Crippen LogP contribution in [0.15, 0.2) is 34.2 Å². The lowest BCUT2D eigenvalue weighted by atomic mass is 9.94. The summed E-state index contributed by atoms with van der Waals surface area (Å²) >= 11 is 1.42. The van der Waals surface area contributed by atoms with E-state index in [1.165, 1.54) is 31.0 Å². The predicted octanol–water partition coefficient (Wildman–Crippen LogP) is 4.51. The second kappa shape index (κ2) is 10.1. The maximum Gasteiger partial charge on any atom is 0.262 e. The molecule has 1 aromatic carbocycles. The van der Waals surface area contributed by atoms with Crippen LogP contribution in [0.3, 0.4) is 0 Å². The number of hydrogen-bond acceptors (Lipinski definition) is 5. The number of aromatic nitrogens is 4. The highest BCUT2D eigenvalue weighted by molar-refractivity contribution is 8.00. The average molecular weight is 456 g/mol. The quantitative estimate of drug-likeness (QED) is 0.369. The van der Waals surface area contributed by atoms with Crippen LogP contribution in [0.25, 0.3) is 16.7 Å². The largest absolute Gasteiger partial charge is 0.342 e. The average Bonchev–Trinajstić information content (AvgIpc) is 3.24. The van der Waals surface area contributed by atoms with E-state index in [1.807, 2.05) is 47.5 Å². The Balaban J connectivity index is 1.67. The molecule has 0 N–H and O–H groups in total. The number of nitrogens with zero attached hydrogens (tertiary/aromatic N) is 5. The summed E-state index contributed by atoms with van der Waals surface area (Å²) < 4.78 is 3.67. The Labute approximate surface area is 193 Å². The van der Waals surface area contributed by atoms with Gasteiger partial charge in [0, 0.05) is 19.6 Å². The first kappa shape index (κ1) is 22.8. The fraction of sp³-hybridized carbons (Fsp3) is 0.583. The molecule has 8 heteroatoms. The van der Waals surface area contributed by atoms with E-state index >= 15 is 0 Å². The van der Waals surface area contributed by atoms with Crippen LogP contribution in [0.2, 0.25) is 0 Å². The van der Waals surface area contributed by atoms with Gasteiger partial charge in [-0.25, -0.2) is 0 Å². The van der Waals surface area contributed by atoms with E-state index < -0.39 is 0 Å². The van der Waals surface area contributed by atoms with Crippen LogP contribution in [0.4, 0.5) is 0 Å². The summed E-state index contributed by atoms with van der Waals surface area (Å²) in [5.74, 6) is 0.673. The Morgan fingerprint density at radius 1 is 1.19 bits per heavy atom. The molecule has 0 saturated heterocycles. The Morgan fingerprint density at radius 2 is 1.94 bits per heavy atom. The van der Waals surface area contributed by atoms with Crippen molar-refractivity contribution in [2.75, 3.05) is 7.05 Å². The second-order valence-electron chi connectivity index (χ2n) is 8.80. The molecule has 0 spiro atoms. The highest BCUT2D eigenvalue weighted by atomic mass is 32.2. The number of carbonyl (C=O) groups is 1. The third kappa shape index (κ3) is 4.42. The molecule has 1 atom stereocenters. The topological polar surface area (TPSA) is 72.5 Å². The molecule has 1 amide bonds. The van der Waals surface area contributed by atoms with Gasteiger partial charge in [-0.1, -0.05) is 62.9 Å². The molecule has 3 aromatic rings. The van der Waals surface area contributed by atoms with Gasteiger partial charge in [0.25, 0.3) is 5.56 Å². The van der Waals surface area contributed by atoms with Crippen molar-refractivity contribution in [3.63, 3.8) is 0 Å². The number of thioether (sulfide) groups is 1. The molecule has 172 valence electrons. The number of fused-ring (bicyclic) bond motifs is 3. The fourth-order valence-electron chi connectivity index (χ4n) is 4.67. The predicted molar refractivity (Wildman–Crippen MR) is 129 cm³/mol. The van der Waals surface area contributed by atoms with Crippen molar-refractivity contribution in [2.45, 2.75) is 88.2 Å². The number of unbranched alkanes of at least 4 members (excludes halogenated alkanes) is 2. The lowest BCUT2D eigenvalue weighted by molar-refractivity contribution is -0.131. The molecular formula is C24H33N5O2S. The van der Waals surface area contributed by atoms with E-state index in [0.717, 1.165) is 37.6 Å². The van der Waals surface area contributed by atoms with Gasteiger partial charge in [-0.05, 0) is 38.3 Å². The van der Waals surface area contributed by atoms with Gasteiger partial charge in [-0.3, -0.25) is 18.6 Å². The number of aryl methyl sites for hydroxylation is 1. The maximum atomic E-state index is 13.2. The maximum absolute atomic E-state index is 13.2. The molecule has 0 aliphatic heterocycles. The van der Waals surface area contributed by atoms with Crippen molar-refractivity contribution in [3.8, 4) is 0 Å². The molecule has 2 heterocycles. The minimum Gasteiger partial charge on any atom is -0.342 e.